The smallest absolute Gasteiger partial charge is 0.277 e. The number of rotatable bonds is 2. The van der Waals surface area contributed by atoms with Gasteiger partial charge in [-0.3, -0.25) is 4.79 Å². The SMILES string of the molecule is Cc1cc(NC(=O)c2nc(Cl)ccc2Cl)no1. The van der Waals surface area contributed by atoms with Gasteiger partial charge >= 0.3 is 0 Å². The first-order valence-electron chi connectivity index (χ1n) is 4.63. The van der Waals surface area contributed by atoms with Gasteiger partial charge in [0.15, 0.2) is 5.82 Å². The number of nitrogens with zero attached hydrogens (tertiary/aromatic N) is 2. The number of halogens is 2. The van der Waals surface area contributed by atoms with E-state index in [4.69, 9.17) is 27.7 Å². The Hall–Kier alpha value is -1.59. The molecule has 2 aromatic heterocycles. The van der Waals surface area contributed by atoms with Crippen LogP contribution >= 0.6 is 23.2 Å². The first-order valence-corrected chi connectivity index (χ1v) is 5.38. The summed E-state index contributed by atoms with van der Waals surface area (Å²) in [5, 5.41) is 6.53. The molecule has 0 aliphatic heterocycles. The zero-order valence-electron chi connectivity index (χ0n) is 8.70. The van der Waals surface area contributed by atoms with Crippen molar-refractivity contribution < 1.29 is 9.32 Å². The fourth-order valence-electron chi connectivity index (χ4n) is 1.18. The number of nitrogens with one attached hydrogen (secondary N) is 1. The molecule has 5 nitrogen and oxygen atoms in total. The first kappa shape index (κ1) is 11.9. The Balaban J connectivity index is 2.22. The van der Waals surface area contributed by atoms with E-state index >= 15 is 0 Å². The van der Waals surface area contributed by atoms with Gasteiger partial charge in [0.1, 0.15) is 16.6 Å². The summed E-state index contributed by atoms with van der Waals surface area (Å²) in [6, 6.07) is 4.58. The molecule has 2 heterocycles. The number of hydrogen-bond donors (Lipinski definition) is 1. The molecule has 0 spiro atoms. The largest absolute Gasteiger partial charge is 0.360 e. The average molecular weight is 272 g/mol. The van der Waals surface area contributed by atoms with Crippen molar-refractivity contribution in [2.24, 2.45) is 0 Å². The average Bonchev–Trinajstić information content (AvgIpc) is 2.67. The van der Waals surface area contributed by atoms with Crippen molar-refractivity contribution >= 4 is 34.9 Å². The van der Waals surface area contributed by atoms with Crippen molar-refractivity contribution in [1.82, 2.24) is 10.1 Å². The highest BCUT2D eigenvalue weighted by Gasteiger charge is 2.14. The lowest BCUT2D eigenvalue weighted by Gasteiger charge is -2.02. The van der Waals surface area contributed by atoms with Gasteiger partial charge in [-0.15, -0.1) is 0 Å². The quantitative estimate of drug-likeness (QED) is 0.853. The summed E-state index contributed by atoms with van der Waals surface area (Å²) in [4.78, 5) is 15.6. The van der Waals surface area contributed by atoms with E-state index in [-0.39, 0.29) is 15.9 Å². The molecule has 1 amide bonds. The monoisotopic (exact) mass is 271 g/mol. The Morgan fingerprint density at radius 2 is 2.18 bits per heavy atom. The number of amides is 1. The van der Waals surface area contributed by atoms with Crippen molar-refractivity contribution in [2.75, 3.05) is 5.32 Å². The van der Waals surface area contributed by atoms with Gasteiger partial charge in [-0.2, -0.15) is 0 Å². The normalized spacial score (nSPS) is 10.3. The molecule has 7 heteroatoms. The highest BCUT2D eigenvalue weighted by atomic mass is 35.5. The van der Waals surface area contributed by atoms with E-state index in [0.717, 1.165) is 0 Å². The van der Waals surface area contributed by atoms with Gasteiger partial charge in [0, 0.05) is 6.07 Å². The highest BCUT2D eigenvalue weighted by molar-refractivity contribution is 6.35. The van der Waals surface area contributed by atoms with Gasteiger partial charge in [0.2, 0.25) is 0 Å². The number of aryl methyl sites for hydroxylation is 1. The number of anilines is 1. The van der Waals surface area contributed by atoms with Crippen LogP contribution in [0.4, 0.5) is 5.82 Å². The molecule has 0 saturated heterocycles. The lowest BCUT2D eigenvalue weighted by atomic mass is 10.3. The van der Waals surface area contributed by atoms with E-state index in [9.17, 15) is 4.79 Å². The summed E-state index contributed by atoms with van der Waals surface area (Å²) in [7, 11) is 0. The first-order chi connectivity index (χ1) is 8.06. The van der Waals surface area contributed by atoms with Crippen LogP contribution in [-0.2, 0) is 0 Å². The molecule has 1 N–H and O–H groups in total. The molecule has 17 heavy (non-hydrogen) atoms. The third kappa shape index (κ3) is 2.75. The molecule has 2 aromatic rings. The van der Waals surface area contributed by atoms with Crippen LogP contribution < -0.4 is 5.32 Å². The van der Waals surface area contributed by atoms with E-state index < -0.39 is 5.91 Å². The Bertz CT molecular complexity index is 568. The predicted molar refractivity (Wildman–Crippen MR) is 63.5 cm³/mol. The molecule has 0 atom stereocenters. The second-order valence-corrected chi connectivity index (χ2v) is 4.04. The summed E-state index contributed by atoms with van der Waals surface area (Å²) >= 11 is 11.5. The van der Waals surface area contributed by atoms with Crippen LogP contribution in [0.2, 0.25) is 10.2 Å². The molecule has 0 bridgehead atoms. The third-order valence-corrected chi connectivity index (χ3v) is 2.41. The minimum atomic E-state index is -0.495. The van der Waals surface area contributed by atoms with Crippen molar-refractivity contribution in [3.63, 3.8) is 0 Å². The number of carbonyl (C=O) groups is 1. The second kappa shape index (κ2) is 4.73. The summed E-state index contributed by atoms with van der Waals surface area (Å²) in [6.45, 7) is 1.72. The van der Waals surface area contributed by atoms with Gasteiger partial charge in [-0.25, -0.2) is 4.98 Å². The van der Waals surface area contributed by atoms with Gasteiger partial charge in [0.05, 0.1) is 5.02 Å². The van der Waals surface area contributed by atoms with Crippen LogP contribution in [0.5, 0.6) is 0 Å². The topological polar surface area (TPSA) is 68.0 Å². The van der Waals surface area contributed by atoms with E-state index in [1.165, 1.54) is 12.1 Å². The van der Waals surface area contributed by atoms with Gasteiger partial charge in [-0.1, -0.05) is 28.4 Å². The van der Waals surface area contributed by atoms with E-state index in [1.54, 1.807) is 13.0 Å². The van der Waals surface area contributed by atoms with Crippen LogP contribution in [0.15, 0.2) is 22.7 Å². The van der Waals surface area contributed by atoms with E-state index in [0.29, 0.717) is 11.6 Å². The molecule has 88 valence electrons. The molecule has 0 radical (unpaired) electrons. The number of hydrogen-bond acceptors (Lipinski definition) is 4. The van der Waals surface area contributed by atoms with Crippen molar-refractivity contribution in [2.45, 2.75) is 6.92 Å². The van der Waals surface area contributed by atoms with E-state index in [1.807, 2.05) is 0 Å². The van der Waals surface area contributed by atoms with Crippen molar-refractivity contribution in [1.29, 1.82) is 0 Å². The summed E-state index contributed by atoms with van der Waals surface area (Å²) in [5.41, 5.74) is 0.0415. The molecule has 0 aliphatic rings. The molecule has 0 unspecified atom stereocenters. The molecular weight excluding hydrogens is 265 g/mol. The van der Waals surface area contributed by atoms with Crippen LogP contribution in [-0.4, -0.2) is 16.0 Å². The van der Waals surface area contributed by atoms with E-state index in [2.05, 4.69) is 15.5 Å². The standard InChI is InChI=1S/C10H7Cl2N3O2/c1-5-4-8(15-17-5)14-10(16)9-6(11)2-3-7(12)13-9/h2-4H,1H3,(H,14,15,16). The Morgan fingerprint density at radius 3 is 2.82 bits per heavy atom. The molecule has 0 aromatic carbocycles. The summed E-state index contributed by atoms with van der Waals surface area (Å²) < 4.78 is 4.81. The Morgan fingerprint density at radius 1 is 1.41 bits per heavy atom. The van der Waals surface area contributed by atoms with Gasteiger partial charge in [-0.05, 0) is 19.1 Å². The Labute approximate surface area is 107 Å². The summed E-state index contributed by atoms with van der Waals surface area (Å²) in [6.07, 6.45) is 0. The van der Waals surface area contributed by atoms with Crippen LogP contribution in [0.3, 0.4) is 0 Å². The van der Waals surface area contributed by atoms with Crippen LogP contribution in [0.25, 0.3) is 0 Å². The minimum absolute atomic E-state index is 0.0415. The number of aromatic nitrogens is 2. The Kier molecular flexibility index (Phi) is 3.31. The fourth-order valence-corrected chi connectivity index (χ4v) is 1.52. The van der Waals surface area contributed by atoms with Crippen molar-refractivity contribution in [3.05, 3.63) is 39.8 Å². The third-order valence-electron chi connectivity index (χ3n) is 1.90. The second-order valence-electron chi connectivity index (χ2n) is 3.24. The summed E-state index contributed by atoms with van der Waals surface area (Å²) in [5.74, 6) is 0.390. The number of pyridine rings is 1. The maximum atomic E-state index is 11.8. The van der Waals surface area contributed by atoms with Crippen LogP contribution in [0, 0.1) is 6.92 Å². The maximum Gasteiger partial charge on any atom is 0.277 e. The lowest BCUT2D eigenvalue weighted by molar-refractivity contribution is 0.102. The van der Waals surface area contributed by atoms with Crippen LogP contribution in [0.1, 0.15) is 16.2 Å². The zero-order chi connectivity index (χ0) is 12.4. The zero-order valence-corrected chi connectivity index (χ0v) is 10.2. The minimum Gasteiger partial charge on any atom is -0.360 e. The lowest BCUT2D eigenvalue weighted by Crippen LogP contribution is -2.14. The fraction of sp³-hybridized carbons (Fsp3) is 0.100. The molecule has 0 saturated carbocycles. The predicted octanol–water partition coefficient (Wildman–Crippen LogP) is 2.94. The molecule has 0 aliphatic carbocycles. The van der Waals surface area contributed by atoms with Crippen molar-refractivity contribution in [3.8, 4) is 0 Å². The highest BCUT2D eigenvalue weighted by Crippen LogP contribution is 2.18. The molecule has 0 fully saturated rings. The molecule has 2 rings (SSSR count). The van der Waals surface area contributed by atoms with Gasteiger partial charge in [0.25, 0.3) is 5.91 Å². The number of carbonyl (C=O) groups excluding carboxylic acids is 1. The van der Waals surface area contributed by atoms with Gasteiger partial charge < -0.3 is 9.84 Å². The molecular formula is C10H7Cl2N3O2. The maximum absolute atomic E-state index is 11.8.